The Labute approximate surface area is 216 Å². The molecule has 2 amide bonds. The molecule has 0 fully saturated rings. The fourth-order valence-electron chi connectivity index (χ4n) is 3.76. The van der Waals surface area contributed by atoms with Crippen molar-refractivity contribution in [1.29, 1.82) is 0 Å². The van der Waals surface area contributed by atoms with Crippen molar-refractivity contribution in [3.8, 4) is 11.5 Å². The molecule has 1 atom stereocenters. The van der Waals surface area contributed by atoms with Gasteiger partial charge in [0.1, 0.15) is 29.8 Å². The van der Waals surface area contributed by atoms with Crippen LogP contribution in [0.1, 0.15) is 25.8 Å². The molecule has 2 rings (SSSR count). The van der Waals surface area contributed by atoms with Crippen molar-refractivity contribution in [2.45, 2.75) is 32.9 Å². The molecule has 12 nitrogen and oxygen atoms in total. The average molecular weight is 537 g/mol. The lowest BCUT2D eigenvalue weighted by Crippen LogP contribution is -2.52. The highest BCUT2D eigenvalue weighted by Crippen LogP contribution is 2.34. The number of sulfonamides is 1. The standard InChI is InChI=1S/C24H32N4O8S/c1-6-20(24(30)25-7-2)26(15-17-9-8-10-19(13-17)35-3)23(29)16-27(37(5,33)34)21-14-18(28(31)32)11-12-22(21)36-4/h8-14,20H,6-7,15-16H2,1-5H3,(H,25,30)/t20-/m1/s1. The lowest BCUT2D eigenvalue weighted by molar-refractivity contribution is -0.384. The van der Waals surface area contributed by atoms with Crippen LogP contribution in [0.4, 0.5) is 11.4 Å². The highest BCUT2D eigenvalue weighted by Gasteiger charge is 2.33. The molecular formula is C24H32N4O8S. The molecule has 202 valence electrons. The number of hydrogen-bond acceptors (Lipinski definition) is 8. The number of nitro benzene ring substituents is 1. The maximum Gasteiger partial charge on any atom is 0.271 e. The van der Waals surface area contributed by atoms with Crippen LogP contribution in [0.2, 0.25) is 0 Å². The first-order chi connectivity index (χ1) is 17.5. The molecule has 13 heteroatoms. The number of non-ortho nitro benzene ring substituents is 1. The van der Waals surface area contributed by atoms with E-state index in [0.29, 0.717) is 17.9 Å². The molecule has 2 aromatic rings. The molecule has 2 aromatic carbocycles. The van der Waals surface area contributed by atoms with Crippen LogP contribution in [0.5, 0.6) is 11.5 Å². The fraction of sp³-hybridized carbons (Fsp3) is 0.417. The maximum atomic E-state index is 13.7. The molecule has 0 bridgehead atoms. The van der Waals surface area contributed by atoms with Gasteiger partial charge in [0, 0.05) is 25.2 Å². The third-order valence-corrected chi connectivity index (χ3v) is 6.67. The van der Waals surface area contributed by atoms with Crippen molar-refractivity contribution < 1.29 is 32.4 Å². The van der Waals surface area contributed by atoms with Gasteiger partial charge in [-0.05, 0) is 37.1 Å². The van der Waals surface area contributed by atoms with Crippen molar-refractivity contribution >= 4 is 33.2 Å². The van der Waals surface area contributed by atoms with Gasteiger partial charge in [0.05, 0.1) is 25.4 Å². The number of benzene rings is 2. The number of carbonyl (C=O) groups excluding carboxylic acids is 2. The number of hydrogen-bond donors (Lipinski definition) is 1. The van der Waals surface area contributed by atoms with Crippen molar-refractivity contribution in [3.05, 3.63) is 58.1 Å². The van der Waals surface area contributed by atoms with Crippen LogP contribution in [-0.2, 0) is 26.2 Å². The Hall–Kier alpha value is -3.87. The van der Waals surface area contributed by atoms with Crippen molar-refractivity contribution in [2.24, 2.45) is 0 Å². The van der Waals surface area contributed by atoms with Crippen LogP contribution in [0.3, 0.4) is 0 Å². The van der Waals surface area contributed by atoms with Gasteiger partial charge in [0.25, 0.3) is 5.69 Å². The molecule has 37 heavy (non-hydrogen) atoms. The van der Waals surface area contributed by atoms with E-state index in [1.807, 2.05) is 0 Å². The topological polar surface area (TPSA) is 148 Å². The van der Waals surface area contributed by atoms with E-state index < -0.39 is 33.4 Å². The lowest BCUT2D eigenvalue weighted by atomic mass is 10.1. The monoisotopic (exact) mass is 536 g/mol. The summed E-state index contributed by atoms with van der Waals surface area (Å²) in [6.45, 7) is 3.12. The van der Waals surface area contributed by atoms with Gasteiger partial charge in [-0.25, -0.2) is 8.42 Å². The second-order valence-electron chi connectivity index (χ2n) is 8.07. The minimum absolute atomic E-state index is 0.00461. The van der Waals surface area contributed by atoms with Crippen molar-refractivity contribution in [1.82, 2.24) is 10.2 Å². The van der Waals surface area contributed by atoms with E-state index in [1.165, 1.54) is 31.3 Å². The molecule has 0 saturated carbocycles. The van der Waals surface area contributed by atoms with Crippen LogP contribution in [0.15, 0.2) is 42.5 Å². The van der Waals surface area contributed by atoms with Gasteiger partial charge < -0.3 is 19.7 Å². The zero-order valence-corrected chi connectivity index (χ0v) is 22.3. The predicted molar refractivity (Wildman–Crippen MR) is 138 cm³/mol. The van der Waals surface area contributed by atoms with Crippen LogP contribution in [0.25, 0.3) is 0 Å². The van der Waals surface area contributed by atoms with E-state index in [1.54, 1.807) is 38.1 Å². The minimum atomic E-state index is -4.11. The predicted octanol–water partition coefficient (Wildman–Crippen LogP) is 2.32. The second kappa shape index (κ2) is 12.9. The number of anilines is 1. The van der Waals surface area contributed by atoms with Gasteiger partial charge in [-0.2, -0.15) is 0 Å². The maximum absolute atomic E-state index is 13.7. The van der Waals surface area contributed by atoms with E-state index in [4.69, 9.17) is 9.47 Å². The van der Waals surface area contributed by atoms with E-state index in [9.17, 15) is 28.1 Å². The molecule has 0 saturated heterocycles. The Morgan fingerprint density at radius 3 is 2.35 bits per heavy atom. The Bertz CT molecular complexity index is 1240. The summed E-state index contributed by atoms with van der Waals surface area (Å²) in [7, 11) is -1.32. The molecule has 0 aliphatic heterocycles. The SMILES string of the molecule is CCNC(=O)[C@@H](CC)N(Cc1cccc(OC)c1)C(=O)CN(c1cc([N+](=O)[O-])ccc1OC)S(C)(=O)=O. The number of carbonyl (C=O) groups is 2. The van der Waals surface area contributed by atoms with Crippen molar-refractivity contribution in [3.63, 3.8) is 0 Å². The number of methoxy groups -OCH3 is 2. The fourth-order valence-corrected chi connectivity index (χ4v) is 4.61. The zero-order valence-electron chi connectivity index (χ0n) is 21.5. The number of ether oxygens (including phenoxy) is 2. The van der Waals surface area contributed by atoms with Gasteiger partial charge in [-0.15, -0.1) is 0 Å². The van der Waals surface area contributed by atoms with Crippen LogP contribution >= 0.6 is 0 Å². The number of likely N-dealkylation sites (N-methyl/N-ethyl adjacent to an activating group) is 1. The summed E-state index contributed by atoms with van der Waals surface area (Å²) in [6.07, 6.45) is 1.15. The van der Waals surface area contributed by atoms with Crippen LogP contribution in [-0.4, -0.2) is 69.7 Å². The molecule has 0 heterocycles. The lowest BCUT2D eigenvalue weighted by Gasteiger charge is -2.33. The first-order valence-electron chi connectivity index (χ1n) is 11.5. The number of rotatable bonds is 13. The van der Waals surface area contributed by atoms with Gasteiger partial charge in [0.2, 0.25) is 21.8 Å². The van der Waals surface area contributed by atoms with E-state index in [-0.39, 0.29) is 36.0 Å². The van der Waals surface area contributed by atoms with Crippen molar-refractivity contribution in [2.75, 3.05) is 37.9 Å². The average Bonchev–Trinajstić information content (AvgIpc) is 2.86. The first kappa shape index (κ1) is 29.4. The Kier molecular flexibility index (Phi) is 10.2. The quantitative estimate of drug-likeness (QED) is 0.303. The second-order valence-corrected chi connectivity index (χ2v) is 9.98. The number of nitro groups is 1. The summed E-state index contributed by atoms with van der Waals surface area (Å²) >= 11 is 0. The Morgan fingerprint density at radius 1 is 1.11 bits per heavy atom. The highest BCUT2D eigenvalue weighted by molar-refractivity contribution is 7.92. The van der Waals surface area contributed by atoms with Gasteiger partial charge in [-0.3, -0.25) is 24.0 Å². The summed E-state index contributed by atoms with van der Waals surface area (Å²) in [5.74, 6) is -0.492. The summed E-state index contributed by atoms with van der Waals surface area (Å²) < 4.78 is 36.8. The summed E-state index contributed by atoms with van der Waals surface area (Å²) in [5.41, 5.74) is 0.119. The third kappa shape index (κ3) is 7.56. The van der Waals surface area contributed by atoms with E-state index in [2.05, 4.69) is 5.32 Å². The molecule has 0 radical (unpaired) electrons. The molecule has 0 aliphatic rings. The summed E-state index contributed by atoms with van der Waals surface area (Å²) in [6, 6.07) is 9.49. The van der Waals surface area contributed by atoms with E-state index in [0.717, 1.165) is 16.6 Å². The summed E-state index contributed by atoms with van der Waals surface area (Å²) in [5, 5.41) is 14.1. The summed E-state index contributed by atoms with van der Waals surface area (Å²) in [4.78, 5) is 38.5. The van der Waals surface area contributed by atoms with Gasteiger partial charge >= 0.3 is 0 Å². The minimum Gasteiger partial charge on any atom is -0.497 e. The zero-order chi connectivity index (χ0) is 27.8. The van der Waals surface area contributed by atoms with Gasteiger partial charge in [-0.1, -0.05) is 19.1 Å². The number of nitrogens with one attached hydrogen (secondary N) is 1. The molecule has 0 aromatic heterocycles. The van der Waals surface area contributed by atoms with Crippen LogP contribution in [0, 0.1) is 10.1 Å². The molecule has 0 unspecified atom stereocenters. The Balaban J connectivity index is 2.57. The molecule has 0 spiro atoms. The van der Waals surface area contributed by atoms with Crippen LogP contribution < -0.4 is 19.1 Å². The number of amides is 2. The van der Waals surface area contributed by atoms with Gasteiger partial charge in [0.15, 0.2) is 0 Å². The van der Waals surface area contributed by atoms with E-state index >= 15 is 0 Å². The molecular weight excluding hydrogens is 504 g/mol. The Morgan fingerprint density at radius 2 is 1.81 bits per heavy atom. The molecule has 1 N–H and O–H groups in total. The molecule has 0 aliphatic carbocycles. The normalized spacial score (nSPS) is 11.8. The first-order valence-corrected chi connectivity index (χ1v) is 13.3. The largest absolute Gasteiger partial charge is 0.497 e. The number of nitrogens with zero attached hydrogens (tertiary/aromatic N) is 3. The highest BCUT2D eigenvalue weighted by atomic mass is 32.2. The smallest absolute Gasteiger partial charge is 0.271 e. The third-order valence-electron chi connectivity index (χ3n) is 5.55.